The number of nitrogens with zero attached hydrogens (tertiary/aromatic N) is 8. The topological polar surface area (TPSA) is 45.7 Å². The fraction of sp³-hybridized carbons (Fsp3) is 0.0288. The molecule has 24 rings (SSSR count). The summed E-state index contributed by atoms with van der Waals surface area (Å²) in [6.07, 6.45) is 2.15. The van der Waals surface area contributed by atoms with Crippen molar-refractivity contribution in [2.75, 3.05) is 4.90 Å². The summed E-state index contributed by atoms with van der Waals surface area (Å²) >= 11 is 0. The minimum Gasteiger partial charge on any atom is -0.310 e. The normalized spacial score (nSPS) is 13.0. The Balaban J connectivity index is 0.863. The number of pyridine rings is 1. The first-order valence-corrected chi connectivity index (χ1v) is 38.7. The molecule has 8 nitrogen and oxygen atoms in total. The lowest BCUT2D eigenvalue weighted by atomic mass is 9.72. The summed E-state index contributed by atoms with van der Waals surface area (Å²) in [6.45, 7) is 4.82. The second-order valence-electron chi connectivity index (χ2n) is 30.6. The largest absolute Gasteiger partial charge is 0.310 e. The van der Waals surface area contributed by atoms with Gasteiger partial charge in [0.1, 0.15) is 0 Å². The van der Waals surface area contributed by atoms with E-state index in [-0.39, 0.29) is 0 Å². The van der Waals surface area contributed by atoms with Crippen molar-refractivity contribution in [1.29, 1.82) is 0 Å². The zero-order valence-electron chi connectivity index (χ0n) is 61.4. The van der Waals surface area contributed by atoms with Crippen molar-refractivity contribution in [2.24, 2.45) is 0 Å². The molecule has 0 saturated heterocycles. The maximum absolute atomic E-state index is 6.09. The third-order valence-corrected chi connectivity index (χ3v) is 24.4. The fourth-order valence-corrected chi connectivity index (χ4v) is 19.5. The van der Waals surface area contributed by atoms with Crippen LogP contribution in [0.1, 0.15) is 25.0 Å². The predicted molar refractivity (Wildman–Crippen MR) is 470 cm³/mol. The van der Waals surface area contributed by atoms with E-state index < -0.39 is 5.41 Å². The van der Waals surface area contributed by atoms with Gasteiger partial charge in [0.2, 0.25) is 0 Å². The highest BCUT2D eigenvalue weighted by atomic mass is 15.2. The van der Waals surface area contributed by atoms with E-state index in [1.807, 2.05) is 0 Å². The Hall–Kier alpha value is -14.7. The van der Waals surface area contributed by atoms with Gasteiger partial charge in [0.25, 0.3) is 0 Å². The maximum atomic E-state index is 6.09. The Kier molecular flexibility index (Phi) is 13.2. The van der Waals surface area contributed by atoms with Crippen LogP contribution in [0.15, 0.2) is 376 Å². The van der Waals surface area contributed by atoms with Crippen LogP contribution in [0.3, 0.4) is 0 Å². The second kappa shape index (κ2) is 23.6. The SMILES string of the molecule is CC1(C)c2ccccc2N(c2ccccc2)c2cc3c4cc(-n5c6ccccc6c6cc(-n7c8ccccc8c8ccccc87)ccc65)ccc4c4cc5c(cc4c4cc(-n6c7ccccc7c7cc(-n8c9ccccc9c9ccccc98)ccc76)cnc4c3cc21)n(-c1ccccc1)c1ccccc1n5-c1ccccc1. The number of para-hydroxylation sites is 12. The molecule has 0 fully saturated rings. The maximum Gasteiger partial charge on any atom is 0.0788 e. The van der Waals surface area contributed by atoms with Crippen LogP contribution in [0.5, 0.6) is 0 Å². The van der Waals surface area contributed by atoms with E-state index in [1.54, 1.807) is 0 Å². The minimum absolute atomic E-state index is 0.455. The van der Waals surface area contributed by atoms with E-state index in [0.717, 1.165) is 144 Å². The molecule has 0 N–H and O–H groups in total. The van der Waals surface area contributed by atoms with Gasteiger partial charge < -0.3 is 32.3 Å². The molecule has 1 aliphatic rings. The van der Waals surface area contributed by atoms with Crippen LogP contribution in [0, 0.1) is 0 Å². The van der Waals surface area contributed by atoms with Gasteiger partial charge in [0.15, 0.2) is 0 Å². The van der Waals surface area contributed by atoms with Crippen molar-refractivity contribution < 1.29 is 0 Å². The molecule has 0 atom stereocenters. The quantitative estimate of drug-likeness (QED) is 0.149. The summed E-state index contributed by atoms with van der Waals surface area (Å²) in [4.78, 5) is 8.59. The molecule has 0 aliphatic carbocycles. The molecule has 0 unspecified atom stereocenters. The Morgan fingerprint density at radius 2 is 0.509 bits per heavy atom. The van der Waals surface area contributed by atoms with Gasteiger partial charge in [0.05, 0.1) is 95.0 Å². The Labute approximate surface area is 643 Å². The van der Waals surface area contributed by atoms with Gasteiger partial charge in [-0.05, 0) is 208 Å². The van der Waals surface area contributed by atoms with Crippen molar-refractivity contribution in [3.05, 3.63) is 387 Å². The van der Waals surface area contributed by atoms with Crippen LogP contribution in [-0.4, -0.2) is 32.4 Å². The molecule has 17 aromatic carbocycles. The minimum atomic E-state index is -0.455. The van der Waals surface area contributed by atoms with Crippen LogP contribution in [-0.2, 0) is 5.41 Å². The molecule has 112 heavy (non-hydrogen) atoms. The molecule has 524 valence electrons. The Morgan fingerprint density at radius 3 is 0.982 bits per heavy atom. The molecule has 1 aliphatic heterocycles. The number of fused-ring (bicyclic) bond motifs is 24. The molecule has 0 amide bonds. The first-order valence-electron chi connectivity index (χ1n) is 38.7. The highest BCUT2D eigenvalue weighted by molar-refractivity contribution is 6.28. The number of anilines is 3. The van der Waals surface area contributed by atoms with Gasteiger partial charge >= 0.3 is 0 Å². The van der Waals surface area contributed by atoms with Crippen LogP contribution in [0.25, 0.3) is 187 Å². The number of aromatic nitrogens is 7. The molecule has 7 heterocycles. The molecule has 23 aromatic rings. The summed E-state index contributed by atoms with van der Waals surface area (Å²) in [5.74, 6) is 0. The summed E-state index contributed by atoms with van der Waals surface area (Å²) in [6, 6.07) is 138. The van der Waals surface area contributed by atoms with Crippen LogP contribution < -0.4 is 4.90 Å². The third kappa shape index (κ3) is 8.85. The van der Waals surface area contributed by atoms with E-state index in [9.17, 15) is 0 Å². The zero-order chi connectivity index (χ0) is 73.6. The molecular formula is C104H68N8. The van der Waals surface area contributed by atoms with Gasteiger partial charge in [-0.2, -0.15) is 0 Å². The van der Waals surface area contributed by atoms with E-state index in [1.165, 1.54) is 70.9 Å². The molecule has 0 radical (unpaired) electrons. The average molecular weight is 1430 g/mol. The Bertz CT molecular complexity index is 7930. The van der Waals surface area contributed by atoms with Crippen LogP contribution in [0.4, 0.5) is 17.1 Å². The standard InChI is InChI=1S/C104H68N8/c1-104(2)87-40-18-25-47-97(87)106(65-28-6-3-7-29-65)100-61-81-79-56-68(111-93-45-23-16-38-77(93)83-57-69(51-54-95(83)111)109-89-41-19-12-34-73(89)74-35-13-20-42-90(74)109)50-53-72(79)80-62-101-102(108(67-32-10-5-11-33-67)99-49-27-26-48-98(99)107(101)66-30-8-4-9-31-66)63-82(80)85-59-71(64-105-103(85)86(81)60-88(100)104)112-94-46-24-17-39-78(94)84-58-70(52-55-96(84)112)110-91-43-21-14-36-75(91)76-37-15-22-44-92(76)110/h3-64H,1-2H3. The summed E-state index contributed by atoms with van der Waals surface area (Å²) in [7, 11) is 0. The molecule has 6 aromatic heterocycles. The number of benzene rings is 16. The smallest absolute Gasteiger partial charge is 0.0788 e. The molecule has 0 bridgehead atoms. The molecular weight excluding hydrogens is 1360 g/mol. The number of hydrogen-bond donors (Lipinski definition) is 0. The van der Waals surface area contributed by atoms with Crippen LogP contribution in [0.2, 0.25) is 0 Å². The predicted octanol–water partition coefficient (Wildman–Crippen LogP) is 27.2. The van der Waals surface area contributed by atoms with Crippen molar-refractivity contribution >= 4 is 170 Å². The van der Waals surface area contributed by atoms with E-state index >= 15 is 0 Å². The van der Waals surface area contributed by atoms with Crippen molar-refractivity contribution in [2.45, 2.75) is 19.3 Å². The second-order valence-corrected chi connectivity index (χ2v) is 30.6. The van der Waals surface area contributed by atoms with Crippen LogP contribution >= 0.6 is 0 Å². The number of hydrogen-bond acceptors (Lipinski definition) is 2. The molecule has 0 spiro atoms. The number of rotatable bonds is 7. The van der Waals surface area contributed by atoms with Crippen molar-refractivity contribution in [3.8, 4) is 34.1 Å². The summed E-state index contributed by atoms with van der Waals surface area (Å²) in [5, 5.41) is 17.1. The lowest BCUT2D eigenvalue weighted by Gasteiger charge is -2.42. The summed E-state index contributed by atoms with van der Waals surface area (Å²) < 4.78 is 14.8. The van der Waals surface area contributed by atoms with Gasteiger partial charge in [-0.1, -0.05) is 214 Å². The lowest BCUT2D eigenvalue weighted by Crippen LogP contribution is -2.30. The van der Waals surface area contributed by atoms with E-state index in [2.05, 4.69) is 422 Å². The van der Waals surface area contributed by atoms with Gasteiger partial charge in [-0.15, -0.1) is 0 Å². The fourth-order valence-electron chi connectivity index (χ4n) is 19.5. The van der Waals surface area contributed by atoms with Crippen molar-refractivity contribution in [1.82, 2.24) is 32.4 Å². The van der Waals surface area contributed by atoms with E-state index in [0.29, 0.717) is 0 Å². The highest BCUT2D eigenvalue weighted by Crippen LogP contribution is 2.55. The monoisotopic (exact) mass is 1430 g/mol. The van der Waals surface area contributed by atoms with Gasteiger partial charge in [0, 0.05) is 93.4 Å². The van der Waals surface area contributed by atoms with Gasteiger partial charge in [-0.25, -0.2) is 0 Å². The molecule has 8 heteroatoms. The third-order valence-electron chi connectivity index (χ3n) is 24.4. The molecule has 0 saturated carbocycles. The Morgan fingerprint density at radius 1 is 0.188 bits per heavy atom. The van der Waals surface area contributed by atoms with Crippen molar-refractivity contribution in [3.63, 3.8) is 0 Å². The highest BCUT2D eigenvalue weighted by Gasteiger charge is 2.38. The zero-order valence-corrected chi connectivity index (χ0v) is 61.4. The first kappa shape index (κ1) is 62.3. The first-order chi connectivity index (χ1) is 55.4. The lowest BCUT2D eigenvalue weighted by molar-refractivity contribution is 0.633. The van der Waals surface area contributed by atoms with Gasteiger partial charge in [-0.3, -0.25) is 4.98 Å². The average Bonchev–Trinajstić information content (AvgIpc) is 1.06. The summed E-state index contributed by atoms with van der Waals surface area (Å²) in [5.41, 5.74) is 26.1. The van der Waals surface area contributed by atoms with E-state index in [4.69, 9.17) is 4.98 Å².